The van der Waals surface area contributed by atoms with E-state index >= 15 is 0 Å². The summed E-state index contributed by atoms with van der Waals surface area (Å²) in [5, 5.41) is 0. The summed E-state index contributed by atoms with van der Waals surface area (Å²) in [5.41, 5.74) is -0.193. The van der Waals surface area contributed by atoms with E-state index in [2.05, 4.69) is 6.92 Å². The van der Waals surface area contributed by atoms with Crippen molar-refractivity contribution in [3.05, 3.63) is 0 Å². The van der Waals surface area contributed by atoms with Gasteiger partial charge in [0.2, 0.25) is 0 Å². The third kappa shape index (κ3) is 3.55. The Hall–Kier alpha value is -0.860. The van der Waals surface area contributed by atoms with E-state index in [1.165, 1.54) is 19.3 Å². The van der Waals surface area contributed by atoms with Crippen molar-refractivity contribution in [1.29, 1.82) is 0 Å². The number of rotatable bonds is 8. The van der Waals surface area contributed by atoms with Crippen molar-refractivity contribution in [2.75, 3.05) is 6.61 Å². The molecule has 2 atom stereocenters. The van der Waals surface area contributed by atoms with Crippen LogP contribution in [-0.2, 0) is 14.3 Å². The fraction of sp³-hybridized carbons (Fsp3) is 0.857. The predicted octanol–water partition coefficient (Wildman–Crippen LogP) is 2.97. The Kier molecular flexibility index (Phi) is 5.16. The molecule has 0 heterocycles. The van der Waals surface area contributed by atoms with Gasteiger partial charge in [-0.2, -0.15) is 0 Å². The second kappa shape index (κ2) is 6.18. The zero-order valence-electron chi connectivity index (χ0n) is 11.2. The summed E-state index contributed by atoms with van der Waals surface area (Å²) in [5.74, 6) is -0.548. The molecule has 0 spiro atoms. The zero-order chi connectivity index (χ0) is 12.9. The summed E-state index contributed by atoms with van der Waals surface area (Å²) >= 11 is 0. The molecule has 0 bridgehead atoms. The van der Waals surface area contributed by atoms with Crippen LogP contribution in [0.4, 0.5) is 0 Å². The summed E-state index contributed by atoms with van der Waals surface area (Å²) in [6, 6.07) is 0. The maximum atomic E-state index is 11.7. The number of aldehydes is 1. The molecule has 2 unspecified atom stereocenters. The average molecular weight is 240 g/mol. The van der Waals surface area contributed by atoms with Crippen LogP contribution < -0.4 is 0 Å². The van der Waals surface area contributed by atoms with Crippen molar-refractivity contribution in [2.24, 2.45) is 17.3 Å². The minimum Gasteiger partial charge on any atom is -0.465 e. The molecule has 1 rings (SSSR count). The van der Waals surface area contributed by atoms with Crippen molar-refractivity contribution < 1.29 is 14.3 Å². The average Bonchev–Trinajstić information content (AvgIpc) is 2.85. The van der Waals surface area contributed by atoms with Crippen LogP contribution in [-0.4, -0.2) is 18.9 Å². The summed E-state index contributed by atoms with van der Waals surface area (Å²) in [7, 11) is 0. The highest BCUT2D eigenvalue weighted by molar-refractivity contribution is 5.84. The Morgan fingerprint density at radius 1 is 1.24 bits per heavy atom. The number of carbonyl (C=O) groups excluding carboxylic acids is 2. The molecule has 0 aromatic carbocycles. The van der Waals surface area contributed by atoms with E-state index in [0.29, 0.717) is 6.61 Å². The van der Waals surface area contributed by atoms with E-state index in [9.17, 15) is 9.59 Å². The molecule has 0 aliphatic heterocycles. The molecule has 3 heteroatoms. The first-order valence-electron chi connectivity index (χ1n) is 6.67. The Balaban J connectivity index is 2.13. The third-order valence-corrected chi connectivity index (χ3v) is 3.80. The van der Waals surface area contributed by atoms with Gasteiger partial charge in [0.25, 0.3) is 0 Å². The Labute approximate surface area is 104 Å². The van der Waals surface area contributed by atoms with Crippen molar-refractivity contribution in [3.63, 3.8) is 0 Å². The van der Waals surface area contributed by atoms with E-state index in [1.807, 2.05) is 13.8 Å². The molecular weight excluding hydrogens is 216 g/mol. The lowest BCUT2D eigenvalue weighted by molar-refractivity contribution is -0.146. The molecular formula is C14H24O3. The van der Waals surface area contributed by atoms with Gasteiger partial charge in [0.1, 0.15) is 6.29 Å². The number of ether oxygens (including phenoxy) is 1. The number of hydrogen-bond donors (Lipinski definition) is 0. The SMILES string of the molecule is CCCCCCCOC(=O)C1C(C=O)C1(C)C. The van der Waals surface area contributed by atoms with Gasteiger partial charge in [-0.15, -0.1) is 0 Å². The second-order valence-electron chi connectivity index (χ2n) is 5.54. The van der Waals surface area contributed by atoms with Gasteiger partial charge in [0.15, 0.2) is 0 Å². The molecule has 0 radical (unpaired) electrons. The van der Waals surface area contributed by atoms with Gasteiger partial charge in [0, 0.05) is 5.92 Å². The summed E-state index contributed by atoms with van der Waals surface area (Å²) in [6.07, 6.45) is 6.61. The first-order valence-corrected chi connectivity index (χ1v) is 6.67. The number of hydrogen-bond acceptors (Lipinski definition) is 3. The molecule has 0 saturated heterocycles. The number of esters is 1. The fourth-order valence-electron chi connectivity index (χ4n) is 2.35. The molecule has 17 heavy (non-hydrogen) atoms. The van der Waals surface area contributed by atoms with Crippen LogP contribution in [0.3, 0.4) is 0 Å². The highest BCUT2D eigenvalue weighted by atomic mass is 16.5. The lowest BCUT2D eigenvalue weighted by Crippen LogP contribution is -2.11. The zero-order valence-corrected chi connectivity index (χ0v) is 11.2. The Morgan fingerprint density at radius 2 is 1.88 bits per heavy atom. The Morgan fingerprint density at radius 3 is 2.41 bits per heavy atom. The van der Waals surface area contributed by atoms with Crippen LogP contribution in [0.5, 0.6) is 0 Å². The molecule has 1 saturated carbocycles. The molecule has 98 valence electrons. The van der Waals surface area contributed by atoms with Crippen LogP contribution in [0, 0.1) is 17.3 Å². The highest BCUT2D eigenvalue weighted by Crippen LogP contribution is 2.57. The molecule has 0 aromatic rings. The largest absolute Gasteiger partial charge is 0.465 e. The van der Waals surface area contributed by atoms with E-state index in [-0.39, 0.29) is 23.2 Å². The van der Waals surface area contributed by atoms with Crippen LogP contribution in [0.15, 0.2) is 0 Å². The van der Waals surface area contributed by atoms with Crippen LogP contribution >= 0.6 is 0 Å². The fourth-order valence-corrected chi connectivity index (χ4v) is 2.35. The number of unbranched alkanes of at least 4 members (excludes halogenated alkanes) is 4. The van der Waals surface area contributed by atoms with Crippen LogP contribution in [0.25, 0.3) is 0 Å². The third-order valence-electron chi connectivity index (χ3n) is 3.80. The van der Waals surface area contributed by atoms with Crippen molar-refractivity contribution in [1.82, 2.24) is 0 Å². The monoisotopic (exact) mass is 240 g/mol. The highest BCUT2D eigenvalue weighted by Gasteiger charge is 2.62. The Bertz CT molecular complexity index is 271. The first kappa shape index (κ1) is 14.2. The minimum atomic E-state index is -0.212. The van der Waals surface area contributed by atoms with Gasteiger partial charge in [-0.1, -0.05) is 46.5 Å². The quantitative estimate of drug-likeness (QED) is 0.372. The van der Waals surface area contributed by atoms with E-state index in [0.717, 1.165) is 19.1 Å². The molecule has 0 aromatic heterocycles. The van der Waals surface area contributed by atoms with Gasteiger partial charge < -0.3 is 9.53 Å². The van der Waals surface area contributed by atoms with Gasteiger partial charge in [-0.25, -0.2) is 0 Å². The van der Waals surface area contributed by atoms with Gasteiger partial charge in [-0.3, -0.25) is 4.79 Å². The summed E-state index contributed by atoms with van der Waals surface area (Å²) in [4.78, 5) is 22.4. The number of carbonyl (C=O) groups is 2. The van der Waals surface area contributed by atoms with Crippen molar-refractivity contribution in [3.8, 4) is 0 Å². The van der Waals surface area contributed by atoms with Gasteiger partial charge in [-0.05, 0) is 11.8 Å². The second-order valence-corrected chi connectivity index (χ2v) is 5.54. The van der Waals surface area contributed by atoms with Crippen LogP contribution in [0.1, 0.15) is 52.9 Å². The lowest BCUT2D eigenvalue weighted by Gasteiger charge is -2.05. The van der Waals surface area contributed by atoms with E-state index in [4.69, 9.17) is 4.74 Å². The molecule has 0 N–H and O–H groups in total. The minimum absolute atomic E-state index is 0.143. The van der Waals surface area contributed by atoms with Gasteiger partial charge >= 0.3 is 5.97 Å². The molecule has 1 aliphatic carbocycles. The van der Waals surface area contributed by atoms with Crippen LogP contribution in [0.2, 0.25) is 0 Å². The van der Waals surface area contributed by atoms with E-state index < -0.39 is 0 Å². The summed E-state index contributed by atoms with van der Waals surface area (Å²) < 4.78 is 5.22. The summed E-state index contributed by atoms with van der Waals surface area (Å²) in [6.45, 7) is 6.56. The maximum absolute atomic E-state index is 11.7. The molecule has 3 nitrogen and oxygen atoms in total. The predicted molar refractivity (Wildman–Crippen MR) is 66.5 cm³/mol. The molecule has 1 fully saturated rings. The first-order chi connectivity index (χ1) is 8.05. The normalized spacial score (nSPS) is 25.4. The molecule has 1 aliphatic rings. The van der Waals surface area contributed by atoms with E-state index in [1.54, 1.807) is 0 Å². The molecule has 0 amide bonds. The lowest BCUT2D eigenvalue weighted by atomic mass is 10.1. The topological polar surface area (TPSA) is 43.4 Å². The van der Waals surface area contributed by atoms with Crippen molar-refractivity contribution in [2.45, 2.75) is 52.9 Å². The smallest absolute Gasteiger partial charge is 0.310 e. The maximum Gasteiger partial charge on any atom is 0.310 e. The van der Waals surface area contributed by atoms with Crippen molar-refractivity contribution >= 4 is 12.3 Å². The van der Waals surface area contributed by atoms with Gasteiger partial charge in [0.05, 0.1) is 12.5 Å². The standard InChI is InChI=1S/C14H24O3/c1-4-5-6-7-8-9-17-13(16)12-11(10-15)14(12,2)3/h10-12H,4-9H2,1-3H3.